The van der Waals surface area contributed by atoms with Gasteiger partial charge in [0.15, 0.2) is 0 Å². The minimum absolute atomic E-state index is 0.00250. The molecular formula is C11H16ClNO3S. The molecule has 0 amide bonds. The first kappa shape index (κ1) is 12.9. The van der Waals surface area contributed by atoms with Crippen molar-refractivity contribution in [3.63, 3.8) is 0 Å². The van der Waals surface area contributed by atoms with Crippen molar-refractivity contribution in [2.45, 2.75) is 30.7 Å². The Kier molecular flexibility index (Phi) is 3.80. The number of rotatable bonds is 3. The van der Waals surface area contributed by atoms with Crippen LogP contribution in [0.4, 0.5) is 0 Å². The van der Waals surface area contributed by atoms with Gasteiger partial charge < -0.3 is 4.42 Å². The number of hydrogen-bond acceptors (Lipinski definition) is 3. The van der Waals surface area contributed by atoms with E-state index in [1.165, 1.54) is 10.4 Å². The van der Waals surface area contributed by atoms with Crippen LogP contribution in [0.5, 0.6) is 0 Å². The molecule has 1 aliphatic rings. The predicted molar refractivity (Wildman–Crippen MR) is 65.4 cm³/mol. The zero-order valence-corrected chi connectivity index (χ0v) is 11.3. The molecule has 4 nitrogen and oxygen atoms in total. The van der Waals surface area contributed by atoms with Crippen molar-refractivity contribution in [3.8, 4) is 0 Å². The maximum atomic E-state index is 12.2. The normalized spacial score (nSPS) is 19.6. The van der Waals surface area contributed by atoms with Crippen molar-refractivity contribution >= 4 is 21.6 Å². The lowest BCUT2D eigenvalue weighted by Crippen LogP contribution is -2.37. The van der Waals surface area contributed by atoms with Gasteiger partial charge in [-0.3, -0.25) is 0 Å². The van der Waals surface area contributed by atoms with Crippen LogP contribution in [0, 0.1) is 5.92 Å². The number of alkyl halides is 1. The Balaban J connectivity index is 2.18. The van der Waals surface area contributed by atoms with E-state index in [-0.39, 0.29) is 11.0 Å². The summed E-state index contributed by atoms with van der Waals surface area (Å²) in [7, 11) is -3.47. The molecule has 1 aromatic rings. The molecule has 17 heavy (non-hydrogen) atoms. The average Bonchev–Trinajstić information content (AvgIpc) is 2.78. The van der Waals surface area contributed by atoms with Gasteiger partial charge in [0.2, 0.25) is 5.09 Å². The van der Waals surface area contributed by atoms with Gasteiger partial charge in [-0.25, -0.2) is 8.42 Å². The molecule has 1 aromatic heterocycles. The van der Waals surface area contributed by atoms with Gasteiger partial charge in [-0.1, -0.05) is 6.92 Å². The van der Waals surface area contributed by atoms with Crippen LogP contribution in [-0.4, -0.2) is 25.8 Å². The van der Waals surface area contributed by atoms with E-state index in [4.69, 9.17) is 16.0 Å². The molecule has 0 aliphatic carbocycles. The lowest BCUT2D eigenvalue weighted by molar-refractivity contribution is 0.280. The summed E-state index contributed by atoms with van der Waals surface area (Å²) in [6.45, 7) is 3.28. The van der Waals surface area contributed by atoms with Gasteiger partial charge in [0.1, 0.15) is 5.76 Å². The van der Waals surface area contributed by atoms with Gasteiger partial charge in [0, 0.05) is 13.1 Å². The Labute approximate surface area is 107 Å². The molecule has 1 aliphatic heterocycles. The van der Waals surface area contributed by atoms with Crippen LogP contribution in [-0.2, 0) is 15.9 Å². The molecule has 0 radical (unpaired) electrons. The van der Waals surface area contributed by atoms with Gasteiger partial charge in [-0.2, -0.15) is 4.31 Å². The highest BCUT2D eigenvalue weighted by molar-refractivity contribution is 7.89. The van der Waals surface area contributed by atoms with E-state index in [1.807, 2.05) is 0 Å². The van der Waals surface area contributed by atoms with E-state index in [9.17, 15) is 8.42 Å². The number of hydrogen-bond donors (Lipinski definition) is 0. The Bertz CT molecular complexity index is 475. The molecule has 2 rings (SSSR count). The van der Waals surface area contributed by atoms with Crippen molar-refractivity contribution in [3.05, 3.63) is 17.9 Å². The van der Waals surface area contributed by atoms with Gasteiger partial charge in [0.25, 0.3) is 10.0 Å². The van der Waals surface area contributed by atoms with Crippen molar-refractivity contribution in [1.82, 2.24) is 4.31 Å². The van der Waals surface area contributed by atoms with Crippen molar-refractivity contribution in [2.24, 2.45) is 5.92 Å². The predicted octanol–water partition coefficient (Wildman–Crippen LogP) is 2.44. The first-order valence-corrected chi connectivity index (χ1v) is 7.66. The van der Waals surface area contributed by atoms with Crippen LogP contribution < -0.4 is 0 Å². The summed E-state index contributed by atoms with van der Waals surface area (Å²) < 4.78 is 31.1. The summed E-state index contributed by atoms with van der Waals surface area (Å²) >= 11 is 5.59. The van der Waals surface area contributed by atoms with Crippen LogP contribution >= 0.6 is 11.6 Å². The maximum Gasteiger partial charge on any atom is 0.276 e. The third-order valence-electron chi connectivity index (χ3n) is 3.11. The Hall–Kier alpha value is -0.520. The fraction of sp³-hybridized carbons (Fsp3) is 0.636. The van der Waals surface area contributed by atoms with E-state index < -0.39 is 10.0 Å². The van der Waals surface area contributed by atoms with Gasteiger partial charge >= 0.3 is 0 Å². The van der Waals surface area contributed by atoms with Crippen LogP contribution in [0.25, 0.3) is 0 Å². The third-order valence-corrected chi connectivity index (χ3v) is 5.14. The first-order valence-electron chi connectivity index (χ1n) is 5.69. The Morgan fingerprint density at radius 1 is 1.41 bits per heavy atom. The third kappa shape index (κ3) is 2.67. The van der Waals surface area contributed by atoms with Gasteiger partial charge in [-0.05, 0) is 30.9 Å². The summed E-state index contributed by atoms with van der Waals surface area (Å²) in [4.78, 5) is 0. The van der Waals surface area contributed by atoms with Crippen molar-refractivity contribution < 1.29 is 12.8 Å². The summed E-state index contributed by atoms with van der Waals surface area (Å²) in [5.74, 6) is 1.26. The van der Waals surface area contributed by atoms with Crippen LogP contribution in [0.2, 0.25) is 0 Å². The highest BCUT2D eigenvalue weighted by Gasteiger charge is 2.30. The molecule has 0 unspecified atom stereocenters. The Morgan fingerprint density at radius 2 is 2.06 bits per heavy atom. The van der Waals surface area contributed by atoms with Crippen LogP contribution in [0.15, 0.2) is 21.6 Å². The second-order valence-electron chi connectivity index (χ2n) is 4.44. The summed E-state index contributed by atoms with van der Waals surface area (Å²) in [5, 5.41) is 0.00250. The lowest BCUT2D eigenvalue weighted by Gasteiger charge is -2.28. The Morgan fingerprint density at radius 3 is 2.59 bits per heavy atom. The smallest absolute Gasteiger partial charge is 0.276 e. The first-order chi connectivity index (χ1) is 8.04. The molecule has 0 bridgehead atoms. The molecule has 0 aromatic carbocycles. The molecule has 1 fully saturated rings. The van der Waals surface area contributed by atoms with Crippen LogP contribution in [0.3, 0.4) is 0 Å². The second-order valence-corrected chi connectivity index (χ2v) is 6.58. The fourth-order valence-electron chi connectivity index (χ4n) is 1.92. The largest absolute Gasteiger partial charge is 0.447 e. The van der Waals surface area contributed by atoms with E-state index >= 15 is 0 Å². The molecule has 96 valence electrons. The summed E-state index contributed by atoms with van der Waals surface area (Å²) in [6.07, 6.45) is 1.81. The number of furan rings is 1. The summed E-state index contributed by atoms with van der Waals surface area (Å²) in [6, 6.07) is 3.08. The molecule has 1 saturated heterocycles. The number of nitrogens with zero attached hydrogens (tertiary/aromatic N) is 1. The molecular weight excluding hydrogens is 262 g/mol. The molecule has 2 heterocycles. The van der Waals surface area contributed by atoms with E-state index in [0.717, 1.165) is 12.8 Å². The molecule has 0 atom stereocenters. The molecule has 0 saturated carbocycles. The standard InChI is InChI=1S/C11H16ClNO3S/c1-9-4-6-13(7-5-9)17(14,15)11-3-2-10(8-12)16-11/h2-3,9H,4-8H2,1H3. The number of piperidine rings is 1. The molecule has 0 spiro atoms. The highest BCUT2D eigenvalue weighted by Crippen LogP contribution is 2.24. The summed E-state index contributed by atoms with van der Waals surface area (Å²) in [5.41, 5.74) is 0. The van der Waals surface area contributed by atoms with E-state index in [0.29, 0.717) is 24.8 Å². The minimum Gasteiger partial charge on any atom is -0.447 e. The highest BCUT2D eigenvalue weighted by atomic mass is 35.5. The number of sulfonamides is 1. The van der Waals surface area contributed by atoms with Crippen LogP contribution in [0.1, 0.15) is 25.5 Å². The molecule has 0 N–H and O–H groups in total. The SMILES string of the molecule is CC1CCN(S(=O)(=O)c2ccc(CCl)o2)CC1. The van der Waals surface area contributed by atoms with E-state index in [2.05, 4.69) is 6.92 Å². The maximum absolute atomic E-state index is 12.2. The van der Waals surface area contributed by atoms with Gasteiger partial charge in [-0.15, -0.1) is 11.6 Å². The molecule has 6 heteroatoms. The fourth-order valence-corrected chi connectivity index (χ4v) is 3.46. The monoisotopic (exact) mass is 277 g/mol. The zero-order chi connectivity index (χ0) is 12.5. The second kappa shape index (κ2) is 5.00. The minimum atomic E-state index is -3.47. The number of halogens is 1. The van der Waals surface area contributed by atoms with Crippen molar-refractivity contribution in [2.75, 3.05) is 13.1 Å². The topological polar surface area (TPSA) is 50.5 Å². The quantitative estimate of drug-likeness (QED) is 0.798. The van der Waals surface area contributed by atoms with Gasteiger partial charge in [0.05, 0.1) is 5.88 Å². The zero-order valence-electron chi connectivity index (χ0n) is 9.73. The average molecular weight is 278 g/mol. The van der Waals surface area contributed by atoms with E-state index in [1.54, 1.807) is 6.07 Å². The lowest BCUT2D eigenvalue weighted by atomic mass is 10.0. The van der Waals surface area contributed by atoms with Crippen molar-refractivity contribution in [1.29, 1.82) is 0 Å².